The average molecular weight is 345 g/mol. The Bertz CT molecular complexity index is 676. The lowest BCUT2D eigenvalue weighted by atomic mass is 10.2. The van der Waals surface area contributed by atoms with Crippen LogP contribution in [0.5, 0.6) is 0 Å². The van der Waals surface area contributed by atoms with E-state index in [0.717, 1.165) is 10.0 Å². The van der Waals surface area contributed by atoms with Crippen LogP contribution in [0.2, 0.25) is 0 Å². The maximum Gasteiger partial charge on any atom is 0.248 e. The summed E-state index contributed by atoms with van der Waals surface area (Å²) in [5.74, 6) is -0.743. The molecule has 4 nitrogen and oxygen atoms in total. The molecule has 2 aromatic rings. The first-order chi connectivity index (χ1) is 10.0. The van der Waals surface area contributed by atoms with Gasteiger partial charge in [0, 0.05) is 21.8 Å². The molecule has 0 spiro atoms. The van der Waals surface area contributed by atoms with Crippen molar-refractivity contribution in [2.75, 3.05) is 5.32 Å². The molecule has 0 bridgehead atoms. The van der Waals surface area contributed by atoms with E-state index in [-0.39, 0.29) is 5.91 Å². The highest BCUT2D eigenvalue weighted by Crippen LogP contribution is 2.12. The van der Waals surface area contributed by atoms with Crippen LogP contribution in [0.25, 0.3) is 6.08 Å². The summed E-state index contributed by atoms with van der Waals surface area (Å²) in [5.41, 5.74) is 7.08. The maximum absolute atomic E-state index is 11.8. The van der Waals surface area contributed by atoms with Crippen molar-refractivity contribution in [2.45, 2.75) is 0 Å². The number of primary amides is 1. The lowest BCUT2D eigenvalue weighted by molar-refractivity contribution is -0.111. The second-order valence-corrected chi connectivity index (χ2v) is 5.23. The van der Waals surface area contributed by atoms with Crippen molar-refractivity contribution in [3.05, 3.63) is 70.2 Å². The zero-order valence-electron chi connectivity index (χ0n) is 11.0. The van der Waals surface area contributed by atoms with Gasteiger partial charge in [0.1, 0.15) is 0 Å². The Labute approximate surface area is 130 Å². The lowest BCUT2D eigenvalue weighted by Gasteiger charge is -2.02. The van der Waals surface area contributed by atoms with E-state index in [9.17, 15) is 9.59 Å². The molecule has 2 rings (SSSR count). The average Bonchev–Trinajstić information content (AvgIpc) is 2.47. The molecule has 0 aliphatic carbocycles. The molecule has 0 aliphatic rings. The number of rotatable bonds is 4. The first kappa shape index (κ1) is 15.0. The summed E-state index contributed by atoms with van der Waals surface area (Å²) in [6.45, 7) is 0. The van der Waals surface area contributed by atoms with Gasteiger partial charge in [0.15, 0.2) is 0 Å². The summed E-state index contributed by atoms with van der Waals surface area (Å²) in [4.78, 5) is 22.7. The van der Waals surface area contributed by atoms with Crippen molar-refractivity contribution in [3.63, 3.8) is 0 Å². The molecule has 0 saturated heterocycles. The molecule has 106 valence electrons. The Morgan fingerprint density at radius 1 is 1.00 bits per heavy atom. The smallest absolute Gasteiger partial charge is 0.248 e. The highest BCUT2D eigenvalue weighted by molar-refractivity contribution is 9.10. The number of hydrogen-bond donors (Lipinski definition) is 2. The van der Waals surface area contributed by atoms with E-state index in [1.165, 1.54) is 6.08 Å². The highest BCUT2D eigenvalue weighted by Gasteiger charge is 2.01. The molecule has 5 heteroatoms. The third-order valence-corrected chi connectivity index (χ3v) is 3.26. The van der Waals surface area contributed by atoms with Crippen molar-refractivity contribution >= 4 is 39.5 Å². The molecule has 2 amide bonds. The van der Waals surface area contributed by atoms with E-state index in [1.54, 1.807) is 30.3 Å². The number of anilines is 1. The second-order valence-electron chi connectivity index (χ2n) is 4.32. The molecule has 0 aromatic heterocycles. The van der Waals surface area contributed by atoms with Gasteiger partial charge >= 0.3 is 0 Å². The van der Waals surface area contributed by atoms with Crippen molar-refractivity contribution in [3.8, 4) is 0 Å². The van der Waals surface area contributed by atoms with Gasteiger partial charge in [-0.05, 0) is 48.0 Å². The fourth-order valence-electron chi connectivity index (χ4n) is 1.65. The number of carbonyl (C=O) groups excluding carboxylic acids is 2. The van der Waals surface area contributed by atoms with Gasteiger partial charge in [0.2, 0.25) is 11.8 Å². The monoisotopic (exact) mass is 344 g/mol. The standard InChI is InChI=1S/C16H13BrN2O2/c17-13-6-1-11(2-7-13)3-10-15(20)19-14-8-4-12(5-9-14)16(18)21/h1-10H,(H2,18,21)(H,19,20). The van der Waals surface area contributed by atoms with Crippen LogP contribution in [0.3, 0.4) is 0 Å². The second kappa shape index (κ2) is 6.85. The SMILES string of the molecule is NC(=O)c1ccc(NC(=O)C=Cc2ccc(Br)cc2)cc1. The van der Waals surface area contributed by atoms with Crippen LogP contribution in [0.4, 0.5) is 5.69 Å². The number of amides is 2. The third kappa shape index (κ3) is 4.57. The number of benzene rings is 2. The Kier molecular flexibility index (Phi) is 4.90. The van der Waals surface area contributed by atoms with Gasteiger partial charge in [0.05, 0.1) is 0 Å². The Balaban J connectivity index is 1.98. The van der Waals surface area contributed by atoms with E-state index >= 15 is 0 Å². The van der Waals surface area contributed by atoms with Gasteiger partial charge in [-0.2, -0.15) is 0 Å². The molecule has 2 aromatic carbocycles. The fourth-order valence-corrected chi connectivity index (χ4v) is 1.91. The number of nitrogens with one attached hydrogen (secondary N) is 1. The zero-order valence-corrected chi connectivity index (χ0v) is 12.6. The summed E-state index contributed by atoms with van der Waals surface area (Å²) < 4.78 is 0.985. The van der Waals surface area contributed by atoms with Crippen molar-refractivity contribution < 1.29 is 9.59 Å². The number of carbonyl (C=O) groups is 2. The maximum atomic E-state index is 11.8. The zero-order chi connectivity index (χ0) is 15.2. The first-order valence-corrected chi connectivity index (χ1v) is 6.98. The number of nitrogens with two attached hydrogens (primary N) is 1. The summed E-state index contributed by atoms with van der Waals surface area (Å²) >= 11 is 3.35. The molecular weight excluding hydrogens is 332 g/mol. The number of halogens is 1. The molecule has 21 heavy (non-hydrogen) atoms. The predicted octanol–water partition coefficient (Wildman–Crippen LogP) is 3.20. The normalized spacial score (nSPS) is 10.5. The fraction of sp³-hybridized carbons (Fsp3) is 0. The first-order valence-electron chi connectivity index (χ1n) is 6.19. The molecule has 0 atom stereocenters. The van der Waals surface area contributed by atoms with E-state index in [1.807, 2.05) is 24.3 Å². The molecule has 0 aliphatic heterocycles. The largest absolute Gasteiger partial charge is 0.366 e. The highest BCUT2D eigenvalue weighted by atomic mass is 79.9. The Morgan fingerprint density at radius 3 is 2.19 bits per heavy atom. The molecule has 0 heterocycles. The van der Waals surface area contributed by atoms with Crippen LogP contribution in [-0.4, -0.2) is 11.8 Å². The van der Waals surface area contributed by atoms with Gasteiger partial charge in [-0.25, -0.2) is 0 Å². The van der Waals surface area contributed by atoms with Gasteiger partial charge < -0.3 is 11.1 Å². The summed E-state index contributed by atoms with van der Waals surface area (Å²) in [6, 6.07) is 14.0. The van der Waals surface area contributed by atoms with Gasteiger partial charge in [-0.3, -0.25) is 9.59 Å². The van der Waals surface area contributed by atoms with E-state index < -0.39 is 5.91 Å². The number of hydrogen-bond acceptors (Lipinski definition) is 2. The third-order valence-electron chi connectivity index (χ3n) is 2.73. The molecule has 0 unspecified atom stereocenters. The quantitative estimate of drug-likeness (QED) is 0.836. The molecule has 0 radical (unpaired) electrons. The minimum absolute atomic E-state index is 0.246. The van der Waals surface area contributed by atoms with Crippen LogP contribution in [0, 0.1) is 0 Å². The van der Waals surface area contributed by atoms with Crippen LogP contribution in [-0.2, 0) is 4.79 Å². The van der Waals surface area contributed by atoms with Gasteiger partial charge in [0.25, 0.3) is 0 Å². The lowest BCUT2D eigenvalue weighted by Crippen LogP contribution is -2.11. The van der Waals surface area contributed by atoms with Crippen LogP contribution >= 0.6 is 15.9 Å². The van der Waals surface area contributed by atoms with E-state index in [2.05, 4.69) is 21.2 Å². The molecule has 0 saturated carbocycles. The van der Waals surface area contributed by atoms with Crippen LogP contribution in [0.1, 0.15) is 15.9 Å². The minimum Gasteiger partial charge on any atom is -0.366 e. The summed E-state index contributed by atoms with van der Waals surface area (Å²) in [6.07, 6.45) is 3.17. The van der Waals surface area contributed by atoms with Crippen LogP contribution < -0.4 is 11.1 Å². The van der Waals surface area contributed by atoms with Crippen molar-refractivity contribution in [1.82, 2.24) is 0 Å². The van der Waals surface area contributed by atoms with Crippen molar-refractivity contribution in [2.24, 2.45) is 5.73 Å². The molecular formula is C16H13BrN2O2. The Morgan fingerprint density at radius 2 is 1.62 bits per heavy atom. The molecule has 0 fully saturated rings. The topological polar surface area (TPSA) is 72.2 Å². The predicted molar refractivity (Wildman–Crippen MR) is 86.8 cm³/mol. The minimum atomic E-state index is -0.497. The van der Waals surface area contributed by atoms with Crippen LogP contribution in [0.15, 0.2) is 59.1 Å². The molecule has 3 N–H and O–H groups in total. The van der Waals surface area contributed by atoms with Gasteiger partial charge in [-0.15, -0.1) is 0 Å². The van der Waals surface area contributed by atoms with Gasteiger partial charge in [-0.1, -0.05) is 28.1 Å². The van der Waals surface area contributed by atoms with Crippen molar-refractivity contribution in [1.29, 1.82) is 0 Å². The van der Waals surface area contributed by atoms with E-state index in [0.29, 0.717) is 11.3 Å². The summed E-state index contributed by atoms with van der Waals surface area (Å²) in [5, 5.41) is 2.70. The Hall–Kier alpha value is -2.40. The summed E-state index contributed by atoms with van der Waals surface area (Å²) in [7, 11) is 0. The van der Waals surface area contributed by atoms with E-state index in [4.69, 9.17) is 5.73 Å².